The van der Waals surface area contributed by atoms with Crippen LogP contribution < -0.4 is 5.32 Å². The molecule has 0 unspecified atom stereocenters. The third-order valence-corrected chi connectivity index (χ3v) is 7.85. The lowest BCUT2D eigenvalue weighted by Gasteiger charge is -2.31. The Morgan fingerprint density at radius 2 is 1.72 bits per heavy atom. The smallest absolute Gasteiger partial charge is 0.302 e. The second-order valence-corrected chi connectivity index (χ2v) is 12.6. The molecule has 0 heterocycles. The summed E-state index contributed by atoms with van der Waals surface area (Å²) < 4.78 is 11.0. The van der Waals surface area contributed by atoms with Crippen molar-refractivity contribution in [2.45, 2.75) is 83.6 Å². The van der Waals surface area contributed by atoms with Crippen LogP contribution in [0.1, 0.15) is 67.7 Å². The van der Waals surface area contributed by atoms with Gasteiger partial charge in [-0.2, -0.15) is 0 Å². The number of aldehydes is 1. The Morgan fingerprint density at radius 3 is 2.28 bits per heavy atom. The molecule has 0 saturated heterocycles. The lowest BCUT2D eigenvalue weighted by atomic mass is 10.0. The number of hydrogen-bond donors (Lipinski definition) is 1. The van der Waals surface area contributed by atoms with E-state index in [1.165, 1.54) is 11.8 Å². The average molecular weight is 493 g/mol. The predicted molar refractivity (Wildman–Crippen MR) is 131 cm³/mol. The standard InChI is InChI=1S/C22H40N2O6S2/c1-17(26)29-15-22(6,7)32-31-16-21(4,5)30-13-11-20(2,3)23-18(27)14-24(8)19(28)10-9-12-25/h12H,9-11,13-16H2,1-8H3,(H,23,27). The summed E-state index contributed by atoms with van der Waals surface area (Å²) in [5.41, 5.74) is -0.853. The molecular weight excluding hydrogens is 452 g/mol. The third-order valence-electron chi connectivity index (χ3n) is 4.29. The van der Waals surface area contributed by atoms with E-state index in [9.17, 15) is 19.2 Å². The van der Waals surface area contributed by atoms with Gasteiger partial charge in [0.15, 0.2) is 0 Å². The van der Waals surface area contributed by atoms with Crippen LogP contribution in [0.3, 0.4) is 0 Å². The molecule has 0 aromatic rings. The Bertz CT molecular complexity index is 638. The van der Waals surface area contributed by atoms with E-state index in [2.05, 4.69) is 5.32 Å². The van der Waals surface area contributed by atoms with E-state index < -0.39 is 5.54 Å². The van der Waals surface area contributed by atoms with Gasteiger partial charge in [-0.1, -0.05) is 21.6 Å². The van der Waals surface area contributed by atoms with Crippen LogP contribution in [0.5, 0.6) is 0 Å². The number of nitrogens with one attached hydrogen (secondary N) is 1. The molecule has 0 aromatic heterocycles. The van der Waals surface area contributed by atoms with Crippen molar-refractivity contribution < 1.29 is 28.7 Å². The zero-order valence-electron chi connectivity index (χ0n) is 20.7. The van der Waals surface area contributed by atoms with Gasteiger partial charge in [-0.3, -0.25) is 14.4 Å². The van der Waals surface area contributed by atoms with Gasteiger partial charge in [-0.15, -0.1) is 0 Å². The van der Waals surface area contributed by atoms with Gasteiger partial charge in [0.1, 0.15) is 12.9 Å². The number of nitrogens with zero attached hydrogens (tertiary/aromatic N) is 1. The molecule has 0 rings (SSSR count). The zero-order valence-corrected chi connectivity index (χ0v) is 22.4. The Kier molecular flexibility index (Phi) is 13.5. The molecule has 2 amide bonds. The van der Waals surface area contributed by atoms with Crippen molar-refractivity contribution in [1.29, 1.82) is 0 Å². The maximum atomic E-state index is 12.3. The predicted octanol–water partition coefficient (Wildman–Crippen LogP) is 3.23. The Morgan fingerprint density at radius 1 is 1.09 bits per heavy atom. The molecule has 10 heteroatoms. The summed E-state index contributed by atoms with van der Waals surface area (Å²) in [5, 5.41) is 2.94. The first-order chi connectivity index (χ1) is 14.6. The van der Waals surface area contributed by atoms with Gasteiger partial charge in [0, 0.05) is 44.7 Å². The number of carbonyl (C=O) groups excluding carboxylic acids is 4. The zero-order chi connectivity index (χ0) is 25.0. The molecule has 186 valence electrons. The highest BCUT2D eigenvalue weighted by molar-refractivity contribution is 8.77. The first-order valence-corrected chi connectivity index (χ1v) is 13.0. The van der Waals surface area contributed by atoms with Crippen LogP contribution >= 0.6 is 21.6 Å². The molecule has 0 radical (unpaired) electrons. The Balaban J connectivity index is 4.34. The average Bonchev–Trinajstić information content (AvgIpc) is 2.63. The fourth-order valence-electron chi connectivity index (χ4n) is 2.41. The lowest BCUT2D eigenvalue weighted by Crippen LogP contribution is -2.48. The number of esters is 1. The topological polar surface area (TPSA) is 102 Å². The minimum atomic E-state index is -0.492. The maximum absolute atomic E-state index is 12.3. The summed E-state index contributed by atoms with van der Waals surface area (Å²) in [5.74, 6) is -0.0142. The number of ether oxygens (including phenoxy) is 2. The number of likely N-dealkylation sites (N-methyl/N-ethyl adjacent to an activating group) is 1. The van der Waals surface area contributed by atoms with Crippen molar-refractivity contribution in [3.8, 4) is 0 Å². The largest absolute Gasteiger partial charge is 0.464 e. The van der Waals surface area contributed by atoms with E-state index in [1.807, 2.05) is 41.5 Å². The van der Waals surface area contributed by atoms with Crippen molar-refractivity contribution in [3.63, 3.8) is 0 Å². The molecule has 0 aromatic carbocycles. The van der Waals surface area contributed by atoms with Gasteiger partial charge < -0.3 is 24.5 Å². The first kappa shape index (κ1) is 30.7. The number of hydrogen-bond acceptors (Lipinski definition) is 8. The first-order valence-electron chi connectivity index (χ1n) is 10.7. The molecule has 0 fully saturated rings. The van der Waals surface area contributed by atoms with Crippen LogP contribution in [-0.4, -0.2) is 77.4 Å². The second-order valence-electron chi connectivity index (χ2n) is 9.63. The summed E-state index contributed by atoms with van der Waals surface area (Å²) in [6.45, 7) is 14.1. The number of carbonyl (C=O) groups is 4. The highest BCUT2D eigenvalue weighted by atomic mass is 33.1. The van der Waals surface area contributed by atoms with Gasteiger partial charge in [0.2, 0.25) is 11.8 Å². The minimum absolute atomic E-state index is 0.0511. The van der Waals surface area contributed by atoms with Crippen LogP contribution in [0.25, 0.3) is 0 Å². The third kappa shape index (κ3) is 15.5. The normalized spacial score (nSPS) is 12.2. The SMILES string of the molecule is CC(=O)OCC(C)(C)SSCC(C)(C)OCCC(C)(C)NC(=O)CN(C)C(=O)CCC=O. The molecule has 0 aliphatic heterocycles. The van der Waals surface area contributed by atoms with E-state index in [0.717, 1.165) is 5.75 Å². The molecule has 0 bridgehead atoms. The van der Waals surface area contributed by atoms with E-state index in [0.29, 0.717) is 25.9 Å². The molecule has 8 nitrogen and oxygen atoms in total. The lowest BCUT2D eigenvalue weighted by molar-refractivity contribution is -0.141. The maximum Gasteiger partial charge on any atom is 0.302 e. The molecular formula is C22H40N2O6S2. The van der Waals surface area contributed by atoms with Crippen LogP contribution in [0.4, 0.5) is 0 Å². The van der Waals surface area contributed by atoms with Crippen LogP contribution in [0.15, 0.2) is 0 Å². The molecule has 0 saturated carbocycles. The number of amides is 2. The van der Waals surface area contributed by atoms with Gasteiger partial charge >= 0.3 is 5.97 Å². The van der Waals surface area contributed by atoms with E-state index >= 15 is 0 Å². The molecule has 32 heavy (non-hydrogen) atoms. The van der Waals surface area contributed by atoms with Crippen LogP contribution in [0, 0.1) is 0 Å². The van der Waals surface area contributed by atoms with Crippen molar-refractivity contribution in [3.05, 3.63) is 0 Å². The molecule has 0 aliphatic rings. The van der Waals surface area contributed by atoms with Crippen molar-refractivity contribution in [1.82, 2.24) is 10.2 Å². The Labute approximate surface area is 200 Å². The van der Waals surface area contributed by atoms with E-state index in [4.69, 9.17) is 9.47 Å². The van der Waals surface area contributed by atoms with Crippen molar-refractivity contribution in [2.24, 2.45) is 0 Å². The molecule has 0 spiro atoms. The summed E-state index contributed by atoms with van der Waals surface area (Å²) in [7, 11) is 4.88. The summed E-state index contributed by atoms with van der Waals surface area (Å²) in [6, 6.07) is 0. The van der Waals surface area contributed by atoms with Gasteiger partial charge in [0.25, 0.3) is 0 Å². The summed E-state index contributed by atoms with van der Waals surface area (Å²) in [6.07, 6.45) is 1.57. The van der Waals surface area contributed by atoms with Gasteiger partial charge in [0.05, 0.1) is 16.9 Å². The highest BCUT2D eigenvalue weighted by Crippen LogP contribution is 2.38. The van der Waals surface area contributed by atoms with Gasteiger partial charge in [-0.25, -0.2) is 0 Å². The number of rotatable bonds is 16. The van der Waals surface area contributed by atoms with E-state index in [-0.39, 0.29) is 47.5 Å². The molecule has 0 atom stereocenters. The minimum Gasteiger partial charge on any atom is -0.464 e. The summed E-state index contributed by atoms with van der Waals surface area (Å²) in [4.78, 5) is 46.8. The van der Waals surface area contributed by atoms with E-state index in [1.54, 1.807) is 28.6 Å². The van der Waals surface area contributed by atoms with Crippen molar-refractivity contribution in [2.75, 3.05) is 32.6 Å². The highest BCUT2D eigenvalue weighted by Gasteiger charge is 2.27. The van der Waals surface area contributed by atoms with Crippen molar-refractivity contribution >= 4 is 45.7 Å². The Hall–Kier alpha value is -1.26. The quantitative estimate of drug-likeness (QED) is 0.199. The van der Waals surface area contributed by atoms with Crippen LogP contribution in [-0.2, 0) is 28.7 Å². The molecule has 0 aliphatic carbocycles. The second kappa shape index (κ2) is 14.1. The fraction of sp³-hybridized carbons (Fsp3) is 0.818. The monoisotopic (exact) mass is 492 g/mol. The van der Waals surface area contributed by atoms with Gasteiger partial charge in [-0.05, 0) is 48.0 Å². The summed E-state index contributed by atoms with van der Waals surface area (Å²) >= 11 is 0. The fourth-order valence-corrected chi connectivity index (χ4v) is 5.39. The molecule has 1 N–H and O–H groups in total. The van der Waals surface area contributed by atoms with Crippen LogP contribution in [0.2, 0.25) is 0 Å².